The predicted octanol–water partition coefficient (Wildman–Crippen LogP) is 3.08. The molecule has 176 valence electrons. The summed E-state index contributed by atoms with van der Waals surface area (Å²) < 4.78 is 18.9. The van der Waals surface area contributed by atoms with Crippen LogP contribution in [0.1, 0.15) is 24.3 Å². The number of nitrogens with one attached hydrogen (secondary N) is 1. The van der Waals surface area contributed by atoms with Crippen molar-refractivity contribution in [2.24, 2.45) is 0 Å². The van der Waals surface area contributed by atoms with Crippen molar-refractivity contribution >= 4 is 22.8 Å². The molecule has 1 atom stereocenters. The van der Waals surface area contributed by atoms with Crippen molar-refractivity contribution in [2.75, 3.05) is 26.2 Å². The molecule has 0 unspecified atom stereocenters. The van der Waals surface area contributed by atoms with Gasteiger partial charge in [0.15, 0.2) is 0 Å². The molecule has 0 spiro atoms. The number of aliphatic carboxylic acids is 2. The number of carbonyl (C=O) groups is 2. The quantitative estimate of drug-likeness (QED) is 0.419. The molecule has 0 saturated carbocycles. The highest BCUT2D eigenvalue weighted by molar-refractivity contribution is 6.27. The van der Waals surface area contributed by atoms with Gasteiger partial charge in [-0.1, -0.05) is 18.2 Å². The summed E-state index contributed by atoms with van der Waals surface area (Å²) >= 11 is 0. The predicted molar refractivity (Wildman–Crippen MR) is 120 cm³/mol. The minimum atomic E-state index is -1.82. The molecular formula is C24H27FN2O6. The summed E-state index contributed by atoms with van der Waals surface area (Å²) in [6, 6.07) is 14.7. The van der Waals surface area contributed by atoms with E-state index in [2.05, 4.69) is 9.88 Å². The number of aliphatic hydroxyl groups excluding tert-OH is 1. The molecule has 0 radical (unpaired) electrons. The van der Waals surface area contributed by atoms with E-state index in [-0.39, 0.29) is 12.4 Å². The second-order valence-corrected chi connectivity index (χ2v) is 7.90. The summed E-state index contributed by atoms with van der Waals surface area (Å²) in [4.78, 5) is 23.6. The van der Waals surface area contributed by atoms with Crippen molar-refractivity contribution in [2.45, 2.75) is 24.9 Å². The first-order valence-electron chi connectivity index (χ1n) is 10.6. The zero-order chi connectivity index (χ0) is 23.8. The van der Waals surface area contributed by atoms with E-state index in [1.165, 1.54) is 17.7 Å². The summed E-state index contributed by atoms with van der Waals surface area (Å²) in [5, 5.41) is 26.2. The zero-order valence-corrected chi connectivity index (χ0v) is 18.0. The van der Waals surface area contributed by atoms with E-state index in [1.807, 2.05) is 42.6 Å². The summed E-state index contributed by atoms with van der Waals surface area (Å²) in [6.45, 7) is 2.76. The number of hydrogen-bond donors (Lipinski definition) is 4. The Hall–Kier alpha value is -3.43. The third-order valence-electron chi connectivity index (χ3n) is 5.57. The molecule has 2 heterocycles. The average molecular weight is 458 g/mol. The normalized spacial score (nSPS) is 15.5. The van der Waals surface area contributed by atoms with Gasteiger partial charge in [0.05, 0.1) is 0 Å². The minimum Gasteiger partial charge on any atom is -0.490 e. The van der Waals surface area contributed by atoms with Gasteiger partial charge >= 0.3 is 11.9 Å². The maximum absolute atomic E-state index is 13.1. The van der Waals surface area contributed by atoms with E-state index in [4.69, 9.17) is 24.5 Å². The summed E-state index contributed by atoms with van der Waals surface area (Å²) in [7, 11) is 0. The van der Waals surface area contributed by atoms with Crippen molar-refractivity contribution in [3.8, 4) is 5.75 Å². The van der Waals surface area contributed by atoms with Gasteiger partial charge < -0.3 is 29.9 Å². The fourth-order valence-electron chi connectivity index (χ4n) is 3.90. The Morgan fingerprint density at radius 1 is 1.06 bits per heavy atom. The second kappa shape index (κ2) is 11.4. The van der Waals surface area contributed by atoms with Crippen molar-refractivity contribution < 1.29 is 34.0 Å². The first kappa shape index (κ1) is 24.2. The molecule has 4 rings (SSSR count). The second-order valence-electron chi connectivity index (χ2n) is 7.90. The van der Waals surface area contributed by atoms with Crippen LogP contribution in [-0.4, -0.2) is 69.5 Å². The number of β-amino-alcohol motifs (C(OH)–C–C–N with tert-alkyl or cyclic N) is 1. The molecule has 0 amide bonds. The Bertz CT molecular complexity index is 1050. The van der Waals surface area contributed by atoms with Gasteiger partial charge in [0, 0.05) is 23.6 Å². The lowest BCUT2D eigenvalue weighted by molar-refractivity contribution is -0.159. The SMILES string of the molecule is O=C(O)C(=O)O.O[C@H](COc1cccc2[nH]ccc12)CN1CCC(c2ccc(F)cc2)CC1. The number of aromatic amines is 1. The zero-order valence-electron chi connectivity index (χ0n) is 18.0. The van der Waals surface area contributed by atoms with Crippen LogP contribution in [0, 0.1) is 5.82 Å². The van der Waals surface area contributed by atoms with Crippen molar-refractivity contribution in [1.82, 2.24) is 9.88 Å². The van der Waals surface area contributed by atoms with Crippen LogP contribution >= 0.6 is 0 Å². The van der Waals surface area contributed by atoms with E-state index in [9.17, 15) is 9.50 Å². The third kappa shape index (κ3) is 7.03. The molecule has 33 heavy (non-hydrogen) atoms. The van der Waals surface area contributed by atoms with Gasteiger partial charge in [0.1, 0.15) is 24.3 Å². The number of ether oxygens (including phenoxy) is 1. The number of H-pyrrole nitrogens is 1. The number of carboxylic acids is 2. The Morgan fingerprint density at radius 2 is 1.73 bits per heavy atom. The molecule has 1 aliphatic rings. The maximum Gasteiger partial charge on any atom is 0.414 e. The number of halogens is 1. The standard InChI is InChI=1S/C22H25FN2O2.C2H2O4/c23-18-6-4-16(5-7-18)17-9-12-25(13-10-17)14-19(26)15-27-22-3-1-2-21-20(22)8-11-24-21;3-1(4)2(5)6/h1-8,11,17,19,24,26H,9-10,12-15H2;(H,3,4)(H,5,6)/t19-;/m0./s1. The number of rotatable bonds is 6. The van der Waals surface area contributed by atoms with Crippen LogP contribution in [0.5, 0.6) is 5.75 Å². The van der Waals surface area contributed by atoms with Crippen LogP contribution in [0.4, 0.5) is 4.39 Å². The molecular weight excluding hydrogens is 431 g/mol. The fourth-order valence-corrected chi connectivity index (χ4v) is 3.90. The lowest BCUT2D eigenvalue weighted by Crippen LogP contribution is -2.40. The largest absolute Gasteiger partial charge is 0.490 e. The van der Waals surface area contributed by atoms with E-state index >= 15 is 0 Å². The molecule has 1 fully saturated rings. The van der Waals surface area contributed by atoms with Crippen molar-refractivity contribution in [3.05, 3.63) is 66.1 Å². The van der Waals surface area contributed by atoms with Crippen LogP contribution in [0.2, 0.25) is 0 Å². The summed E-state index contributed by atoms with van der Waals surface area (Å²) in [5.41, 5.74) is 2.24. The maximum atomic E-state index is 13.1. The summed E-state index contributed by atoms with van der Waals surface area (Å²) in [5.74, 6) is -2.57. The highest BCUT2D eigenvalue weighted by Gasteiger charge is 2.22. The molecule has 4 N–H and O–H groups in total. The molecule has 1 aromatic heterocycles. The smallest absolute Gasteiger partial charge is 0.414 e. The Labute approximate surface area is 190 Å². The van der Waals surface area contributed by atoms with Gasteiger partial charge in [-0.2, -0.15) is 0 Å². The number of aliphatic hydroxyl groups is 1. The fraction of sp³-hybridized carbons (Fsp3) is 0.333. The molecule has 0 aliphatic carbocycles. The van der Waals surface area contributed by atoms with Crippen LogP contribution in [0.15, 0.2) is 54.7 Å². The van der Waals surface area contributed by atoms with Gasteiger partial charge in [-0.25, -0.2) is 14.0 Å². The first-order chi connectivity index (χ1) is 15.8. The molecule has 2 aromatic carbocycles. The van der Waals surface area contributed by atoms with E-state index < -0.39 is 18.0 Å². The third-order valence-corrected chi connectivity index (χ3v) is 5.57. The van der Waals surface area contributed by atoms with Gasteiger partial charge in [0.2, 0.25) is 0 Å². The number of likely N-dealkylation sites (tertiary alicyclic amines) is 1. The molecule has 1 aliphatic heterocycles. The van der Waals surface area contributed by atoms with Crippen LogP contribution in [0.25, 0.3) is 10.9 Å². The van der Waals surface area contributed by atoms with Gasteiger partial charge in [0.25, 0.3) is 0 Å². The molecule has 0 bridgehead atoms. The van der Waals surface area contributed by atoms with E-state index in [0.717, 1.165) is 42.6 Å². The number of benzene rings is 2. The minimum absolute atomic E-state index is 0.186. The number of fused-ring (bicyclic) bond motifs is 1. The van der Waals surface area contributed by atoms with Crippen LogP contribution < -0.4 is 4.74 Å². The number of carboxylic acid groups (broad SMARTS) is 2. The molecule has 3 aromatic rings. The molecule has 1 saturated heterocycles. The monoisotopic (exact) mass is 458 g/mol. The highest BCUT2D eigenvalue weighted by atomic mass is 19.1. The average Bonchev–Trinajstić information content (AvgIpc) is 3.29. The Morgan fingerprint density at radius 3 is 2.36 bits per heavy atom. The first-order valence-corrected chi connectivity index (χ1v) is 10.6. The summed E-state index contributed by atoms with van der Waals surface area (Å²) in [6.07, 6.45) is 3.42. The van der Waals surface area contributed by atoms with Gasteiger partial charge in [-0.05, 0) is 67.7 Å². The van der Waals surface area contributed by atoms with Gasteiger partial charge in [-0.15, -0.1) is 0 Å². The lowest BCUT2D eigenvalue weighted by atomic mass is 9.89. The van der Waals surface area contributed by atoms with Crippen molar-refractivity contribution in [1.29, 1.82) is 0 Å². The van der Waals surface area contributed by atoms with Crippen LogP contribution in [-0.2, 0) is 9.59 Å². The van der Waals surface area contributed by atoms with E-state index in [0.29, 0.717) is 12.5 Å². The number of nitrogens with zero attached hydrogens (tertiary/aromatic N) is 1. The molecule has 8 nitrogen and oxygen atoms in total. The van der Waals surface area contributed by atoms with E-state index in [1.54, 1.807) is 0 Å². The Kier molecular flexibility index (Phi) is 8.39. The topological polar surface area (TPSA) is 123 Å². The number of piperidine rings is 1. The number of hydrogen-bond acceptors (Lipinski definition) is 5. The van der Waals surface area contributed by atoms with Gasteiger partial charge in [-0.3, -0.25) is 0 Å². The Balaban J connectivity index is 0.000000454. The lowest BCUT2D eigenvalue weighted by Gasteiger charge is -2.33. The van der Waals surface area contributed by atoms with Crippen molar-refractivity contribution in [3.63, 3.8) is 0 Å². The number of aromatic nitrogens is 1. The molecule has 9 heteroatoms. The highest BCUT2D eigenvalue weighted by Crippen LogP contribution is 2.28. The van der Waals surface area contributed by atoms with Crippen LogP contribution in [0.3, 0.4) is 0 Å².